The highest BCUT2D eigenvalue weighted by atomic mass is 32.2. The number of hydrogen-bond donors (Lipinski definition) is 1. The van der Waals surface area contributed by atoms with Crippen molar-refractivity contribution in [1.29, 1.82) is 0 Å². The second-order valence-corrected chi connectivity index (χ2v) is 4.54. The highest BCUT2D eigenvalue weighted by Gasteiger charge is 2.14. The first-order valence-corrected chi connectivity index (χ1v) is 6.66. The SMILES string of the molecule is CC.[HH].c1ccc2c3c([nH]c2c1)CCCS3. The molecule has 2 heterocycles. The second-order valence-electron chi connectivity index (χ2n) is 3.43. The zero-order valence-electron chi connectivity index (χ0n) is 9.34. The minimum absolute atomic E-state index is 0. The molecule has 0 aliphatic carbocycles. The molecule has 0 saturated heterocycles. The minimum Gasteiger partial charge on any atom is -0.357 e. The van der Waals surface area contributed by atoms with Gasteiger partial charge in [0, 0.05) is 22.9 Å². The van der Waals surface area contributed by atoms with Crippen LogP contribution in [0.2, 0.25) is 0 Å². The van der Waals surface area contributed by atoms with Crippen molar-refractivity contribution < 1.29 is 1.43 Å². The highest BCUT2D eigenvalue weighted by molar-refractivity contribution is 7.99. The molecule has 0 amide bonds. The van der Waals surface area contributed by atoms with Gasteiger partial charge in [-0.2, -0.15) is 0 Å². The smallest absolute Gasteiger partial charge is 0.0467 e. The Labute approximate surface area is 96.8 Å². The van der Waals surface area contributed by atoms with E-state index in [9.17, 15) is 0 Å². The van der Waals surface area contributed by atoms with Gasteiger partial charge in [-0.3, -0.25) is 0 Å². The number of thioether (sulfide) groups is 1. The Bertz CT molecular complexity index is 450. The summed E-state index contributed by atoms with van der Waals surface area (Å²) in [5, 5.41) is 1.40. The van der Waals surface area contributed by atoms with Gasteiger partial charge in [0.15, 0.2) is 0 Å². The third kappa shape index (κ3) is 1.91. The zero-order chi connectivity index (χ0) is 10.7. The van der Waals surface area contributed by atoms with E-state index in [0.29, 0.717) is 0 Å². The van der Waals surface area contributed by atoms with Gasteiger partial charge in [0.25, 0.3) is 0 Å². The predicted molar refractivity (Wildman–Crippen MR) is 70.8 cm³/mol. The van der Waals surface area contributed by atoms with E-state index in [1.165, 1.54) is 40.1 Å². The monoisotopic (exact) mass is 221 g/mol. The van der Waals surface area contributed by atoms with Crippen LogP contribution in [0.5, 0.6) is 0 Å². The summed E-state index contributed by atoms with van der Waals surface area (Å²) < 4.78 is 0. The van der Waals surface area contributed by atoms with E-state index in [2.05, 4.69) is 29.2 Å². The van der Waals surface area contributed by atoms with Crippen molar-refractivity contribution in [2.24, 2.45) is 0 Å². The van der Waals surface area contributed by atoms with E-state index in [0.717, 1.165) is 0 Å². The van der Waals surface area contributed by atoms with Crippen molar-refractivity contribution in [3.05, 3.63) is 30.0 Å². The lowest BCUT2D eigenvalue weighted by atomic mass is 10.2. The van der Waals surface area contributed by atoms with Gasteiger partial charge in [0.2, 0.25) is 0 Å². The molecule has 1 aliphatic heterocycles. The molecule has 0 bridgehead atoms. The first-order chi connectivity index (χ1) is 7.45. The number of aromatic nitrogens is 1. The van der Waals surface area contributed by atoms with Crippen LogP contribution in [0.25, 0.3) is 10.9 Å². The summed E-state index contributed by atoms with van der Waals surface area (Å²) in [6.45, 7) is 4.00. The maximum atomic E-state index is 3.50. The van der Waals surface area contributed by atoms with E-state index < -0.39 is 0 Å². The van der Waals surface area contributed by atoms with Crippen molar-refractivity contribution in [3.8, 4) is 0 Å². The summed E-state index contributed by atoms with van der Waals surface area (Å²) in [6.07, 6.45) is 2.53. The Kier molecular flexibility index (Phi) is 3.37. The van der Waals surface area contributed by atoms with Gasteiger partial charge in [-0.05, 0) is 24.7 Å². The molecular weight excluding hydrogens is 202 g/mol. The predicted octanol–water partition coefficient (Wildman–Crippen LogP) is 4.48. The van der Waals surface area contributed by atoms with Gasteiger partial charge in [-0.15, -0.1) is 11.8 Å². The number of para-hydroxylation sites is 1. The second kappa shape index (κ2) is 4.75. The molecule has 0 atom stereocenters. The van der Waals surface area contributed by atoms with Crippen LogP contribution in [0, 0.1) is 0 Å². The molecule has 0 radical (unpaired) electrons. The Hall–Kier alpha value is -0.890. The van der Waals surface area contributed by atoms with Crippen molar-refractivity contribution in [3.63, 3.8) is 0 Å². The molecule has 0 spiro atoms. The number of benzene rings is 1. The Balaban J connectivity index is 0.000000406. The molecule has 1 N–H and O–H groups in total. The van der Waals surface area contributed by atoms with E-state index in [-0.39, 0.29) is 1.43 Å². The average Bonchev–Trinajstić information content (AvgIpc) is 2.70. The number of H-pyrrole nitrogens is 1. The third-order valence-corrected chi connectivity index (χ3v) is 3.80. The number of fused-ring (bicyclic) bond motifs is 3. The Morgan fingerprint density at radius 1 is 1.27 bits per heavy atom. The fourth-order valence-electron chi connectivity index (χ4n) is 1.94. The van der Waals surface area contributed by atoms with Crippen LogP contribution in [0.1, 0.15) is 27.4 Å². The Morgan fingerprint density at radius 2 is 2.07 bits per heavy atom. The van der Waals surface area contributed by atoms with Crippen molar-refractivity contribution in [1.82, 2.24) is 4.98 Å². The quantitative estimate of drug-likeness (QED) is 0.693. The lowest BCUT2D eigenvalue weighted by molar-refractivity contribution is 0.868. The summed E-state index contributed by atoms with van der Waals surface area (Å²) in [4.78, 5) is 4.98. The van der Waals surface area contributed by atoms with Gasteiger partial charge in [-0.25, -0.2) is 0 Å². The molecule has 0 saturated carbocycles. The molecule has 3 rings (SSSR count). The molecule has 1 nitrogen and oxygen atoms in total. The number of hydrogen-bond acceptors (Lipinski definition) is 1. The van der Waals surface area contributed by atoms with Crippen LogP contribution in [0.15, 0.2) is 29.2 Å². The summed E-state index contributed by atoms with van der Waals surface area (Å²) in [7, 11) is 0. The maximum Gasteiger partial charge on any atom is 0.0467 e. The highest BCUT2D eigenvalue weighted by Crippen LogP contribution is 2.35. The fraction of sp³-hybridized carbons (Fsp3) is 0.385. The number of rotatable bonds is 0. The van der Waals surface area contributed by atoms with Gasteiger partial charge in [0.05, 0.1) is 0 Å². The number of aromatic amines is 1. The molecular formula is C13H19NS. The molecule has 2 aromatic rings. The topological polar surface area (TPSA) is 15.8 Å². The van der Waals surface area contributed by atoms with Crippen molar-refractivity contribution >= 4 is 22.7 Å². The first-order valence-electron chi connectivity index (χ1n) is 5.67. The third-order valence-electron chi connectivity index (χ3n) is 2.55. The maximum absolute atomic E-state index is 3.50. The normalized spacial score (nSPS) is 14.3. The largest absolute Gasteiger partial charge is 0.357 e. The lowest BCUT2D eigenvalue weighted by Crippen LogP contribution is -1.95. The van der Waals surface area contributed by atoms with Crippen LogP contribution in [-0.2, 0) is 6.42 Å². The Morgan fingerprint density at radius 3 is 2.93 bits per heavy atom. The number of aryl methyl sites for hydroxylation is 1. The van der Waals surface area contributed by atoms with E-state index in [4.69, 9.17) is 0 Å². The lowest BCUT2D eigenvalue weighted by Gasteiger charge is -2.09. The molecule has 1 aromatic heterocycles. The molecule has 15 heavy (non-hydrogen) atoms. The van der Waals surface area contributed by atoms with Crippen LogP contribution in [0.3, 0.4) is 0 Å². The van der Waals surface area contributed by atoms with E-state index in [1.807, 2.05) is 25.6 Å². The summed E-state index contributed by atoms with van der Waals surface area (Å²) in [5.41, 5.74) is 2.74. The van der Waals surface area contributed by atoms with Crippen LogP contribution in [-0.4, -0.2) is 10.7 Å². The molecule has 0 unspecified atom stereocenters. The summed E-state index contributed by atoms with van der Waals surface area (Å²) >= 11 is 1.99. The standard InChI is InChI=1S/C11H11NS.C2H6.H2/c1-2-5-9-8(4-1)11-10(12-9)6-3-7-13-11;1-2;/h1-2,4-5,12H,3,6-7H2;1-2H3;1H. The first kappa shape index (κ1) is 10.6. The van der Waals surface area contributed by atoms with E-state index in [1.54, 1.807) is 0 Å². The zero-order valence-corrected chi connectivity index (χ0v) is 10.2. The minimum atomic E-state index is 0. The van der Waals surface area contributed by atoms with Crippen molar-refractivity contribution in [2.75, 3.05) is 5.75 Å². The number of nitrogens with one attached hydrogen (secondary N) is 1. The molecule has 0 fully saturated rings. The summed E-state index contributed by atoms with van der Waals surface area (Å²) in [5.74, 6) is 1.27. The molecule has 82 valence electrons. The fourth-order valence-corrected chi connectivity index (χ4v) is 3.09. The van der Waals surface area contributed by atoms with Gasteiger partial charge in [-0.1, -0.05) is 32.0 Å². The molecule has 1 aromatic carbocycles. The average molecular weight is 221 g/mol. The van der Waals surface area contributed by atoms with Crippen molar-refractivity contribution in [2.45, 2.75) is 31.6 Å². The molecule has 1 aliphatic rings. The van der Waals surface area contributed by atoms with Gasteiger partial charge < -0.3 is 4.98 Å². The summed E-state index contributed by atoms with van der Waals surface area (Å²) in [6, 6.07) is 8.58. The molecule has 2 heteroatoms. The van der Waals surface area contributed by atoms with Crippen LogP contribution in [0.4, 0.5) is 0 Å². The van der Waals surface area contributed by atoms with E-state index >= 15 is 0 Å². The van der Waals surface area contributed by atoms with Crippen LogP contribution >= 0.6 is 11.8 Å². The van der Waals surface area contributed by atoms with Crippen LogP contribution < -0.4 is 0 Å². The van der Waals surface area contributed by atoms with Gasteiger partial charge >= 0.3 is 0 Å². The van der Waals surface area contributed by atoms with Gasteiger partial charge in [0.1, 0.15) is 0 Å².